The van der Waals surface area contributed by atoms with Gasteiger partial charge in [0.15, 0.2) is 0 Å². The number of halogens is 2. The first kappa shape index (κ1) is 5.99. The van der Waals surface area contributed by atoms with Crippen LogP contribution in [0.3, 0.4) is 0 Å². The molecule has 0 heterocycles. The minimum absolute atomic E-state index is 0.377. The van der Waals surface area contributed by atoms with Crippen LogP contribution in [0.1, 0.15) is 20.3 Å². The van der Waals surface area contributed by atoms with E-state index in [9.17, 15) is 8.78 Å². The number of alkyl halides is 2. The van der Waals surface area contributed by atoms with E-state index >= 15 is 0 Å². The van der Waals surface area contributed by atoms with E-state index < -0.39 is 5.92 Å². The van der Waals surface area contributed by atoms with E-state index in [4.69, 9.17) is 0 Å². The summed E-state index contributed by atoms with van der Waals surface area (Å²) in [5, 5.41) is 0. The molecule has 1 rings (SSSR count). The summed E-state index contributed by atoms with van der Waals surface area (Å²) in [6, 6.07) is 0. The van der Waals surface area contributed by atoms with Crippen LogP contribution in [0.5, 0.6) is 0 Å². The topological polar surface area (TPSA) is 0 Å². The van der Waals surface area contributed by atoms with Crippen molar-refractivity contribution in [3.63, 3.8) is 0 Å². The Morgan fingerprint density at radius 2 is 1.62 bits per heavy atom. The molecule has 2 heteroatoms. The Bertz CT molecular complexity index is 88.7. The molecule has 0 aliphatic heterocycles. The maximum absolute atomic E-state index is 12.3. The zero-order valence-corrected chi connectivity index (χ0v) is 5.12. The minimum atomic E-state index is -2.36. The molecule has 0 N–H and O–H groups in total. The predicted molar refractivity (Wildman–Crippen MR) is 27.9 cm³/mol. The van der Waals surface area contributed by atoms with Crippen molar-refractivity contribution in [1.82, 2.24) is 0 Å². The van der Waals surface area contributed by atoms with Crippen molar-refractivity contribution in [2.24, 2.45) is 11.8 Å². The van der Waals surface area contributed by atoms with Gasteiger partial charge in [0.05, 0.1) is 0 Å². The van der Waals surface area contributed by atoms with E-state index in [1.165, 1.54) is 0 Å². The molecular formula is C6H10F2. The monoisotopic (exact) mass is 120 g/mol. The van der Waals surface area contributed by atoms with Crippen molar-refractivity contribution in [1.29, 1.82) is 0 Å². The molecule has 48 valence electrons. The van der Waals surface area contributed by atoms with Gasteiger partial charge in [-0.05, 0) is 6.42 Å². The summed E-state index contributed by atoms with van der Waals surface area (Å²) in [6.45, 7) is 3.19. The van der Waals surface area contributed by atoms with Crippen LogP contribution in [0.4, 0.5) is 8.78 Å². The first-order valence-electron chi connectivity index (χ1n) is 2.93. The summed E-state index contributed by atoms with van der Waals surface area (Å²) in [5.74, 6) is -3.12. The Morgan fingerprint density at radius 3 is 1.62 bits per heavy atom. The van der Waals surface area contributed by atoms with Gasteiger partial charge in [0.25, 0.3) is 5.92 Å². The fourth-order valence-corrected chi connectivity index (χ4v) is 1.17. The SMILES string of the molecule is CC1CC(C)C1(F)F. The quantitative estimate of drug-likeness (QED) is 0.460. The van der Waals surface area contributed by atoms with E-state index in [2.05, 4.69) is 0 Å². The van der Waals surface area contributed by atoms with Crippen LogP contribution in [0, 0.1) is 11.8 Å². The molecule has 0 spiro atoms. The van der Waals surface area contributed by atoms with Crippen LogP contribution in [0.25, 0.3) is 0 Å². The molecule has 1 fully saturated rings. The van der Waals surface area contributed by atoms with Gasteiger partial charge >= 0.3 is 0 Å². The molecule has 8 heavy (non-hydrogen) atoms. The second-order valence-electron chi connectivity index (χ2n) is 2.71. The molecule has 1 aliphatic carbocycles. The standard InChI is InChI=1S/C6H10F2/c1-4-3-5(2)6(4,7)8/h4-5H,3H2,1-2H3. The molecular weight excluding hydrogens is 110 g/mol. The van der Waals surface area contributed by atoms with Gasteiger partial charge in [0.1, 0.15) is 0 Å². The maximum Gasteiger partial charge on any atom is 0.253 e. The third-order valence-electron chi connectivity index (χ3n) is 2.02. The molecule has 0 nitrogen and oxygen atoms in total. The highest BCUT2D eigenvalue weighted by Gasteiger charge is 2.51. The molecule has 1 saturated carbocycles. The predicted octanol–water partition coefficient (Wildman–Crippen LogP) is 2.30. The Balaban J connectivity index is 2.52. The third-order valence-corrected chi connectivity index (χ3v) is 2.02. The second kappa shape index (κ2) is 1.42. The Hall–Kier alpha value is -0.140. The molecule has 0 bridgehead atoms. The number of hydrogen-bond donors (Lipinski definition) is 0. The number of hydrogen-bond acceptors (Lipinski definition) is 0. The zero-order chi connectivity index (χ0) is 6.36. The smallest absolute Gasteiger partial charge is 0.206 e. The fraction of sp³-hybridized carbons (Fsp3) is 1.00. The molecule has 0 saturated heterocycles. The van der Waals surface area contributed by atoms with Crippen molar-refractivity contribution in [2.75, 3.05) is 0 Å². The highest BCUT2D eigenvalue weighted by molar-refractivity contribution is 4.90. The average Bonchev–Trinajstić information content (AvgIpc) is 1.68. The Kier molecular flexibility index (Phi) is 1.07. The summed E-state index contributed by atoms with van der Waals surface area (Å²) in [5.41, 5.74) is 0. The summed E-state index contributed by atoms with van der Waals surface area (Å²) in [4.78, 5) is 0. The van der Waals surface area contributed by atoms with E-state index in [1.807, 2.05) is 0 Å². The average molecular weight is 120 g/mol. The third kappa shape index (κ3) is 0.550. The van der Waals surface area contributed by atoms with Crippen LogP contribution in [-0.2, 0) is 0 Å². The van der Waals surface area contributed by atoms with E-state index in [1.54, 1.807) is 13.8 Å². The van der Waals surface area contributed by atoms with Gasteiger partial charge in [-0.15, -0.1) is 0 Å². The van der Waals surface area contributed by atoms with Gasteiger partial charge in [-0.2, -0.15) is 0 Å². The first-order valence-corrected chi connectivity index (χ1v) is 2.93. The molecule has 0 radical (unpaired) electrons. The molecule has 0 aromatic carbocycles. The van der Waals surface area contributed by atoms with Gasteiger partial charge in [-0.1, -0.05) is 13.8 Å². The summed E-state index contributed by atoms with van der Waals surface area (Å²) in [7, 11) is 0. The van der Waals surface area contributed by atoms with Crippen molar-refractivity contribution >= 4 is 0 Å². The van der Waals surface area contributed by atoms with Crippen LogP contribution in [0.2, 0.25) is 0 Å². The van der Waals surface area contributed by atoms with Gasteiger partial charge < -0.3 is 0 Å². The first-order chi connectivity index (χ1) is 3.55. The van der Waals surface area contributed by atoms with Crippen LogP contribution in [-0.4, -0.2) is 5.92 Å². The van der Waals surface area contributed by atoms with Gasteiger partial charge in [0.2, 0.25) is 0 Å². The lowest BCUT2D eigenvalue weighted by Crippen LogP contribution is -2.45. The van der Waals surface area contributed by atoms with Crippen LogP contribution < -0.4 is 0 Å². The Labute approximate surface area is 47.9 Å². The lowest BCUT2D eigenvalue weighted by molar-refractivity contribution is -0.173. The normalized spacial score (nSPS) is 43.5. The molecule has 2 unspecified atom stereocenters. The van der Waals surface area contributed by atoms with E-state index in [-0.39, 0.29) is 11.8 Å². The second-order valence-corrected chi connectivity index (χ2v) is 2.71. The highest BCUT2D eigenvalue weighted by Crippen LogP contribution is 2.47. The summed E-state index contributed by atoms with van der Waals surface area (Å²) >= 11 is 0. The van der Waals surface area contributed by atoms with Gasteiger partial charge in [-0.3, -0.25) is 0 Å². The van der Waals surface area contributed by atoms with Crippen molar-refractivity contribution in [3.8, 4) is 0 Å². The molecule has 0 aromatic heterocycles. The largest absolute Gasteiger partial charge is 0.253 e. The zero-order valence-electron chi connectivity index (χ0n) is 5.12. The molecule has 2 atom stereocenters. The Morgan fingerprint density at radius 1 is 1.25 bits per heavy atom. The summed E-state index contributed by atoms with van der Waals surface area (Å²) in [6.07, 6.45) is 0.688. The van der Waals surface area contributed by atoms with Gasteiger partial charge in [0, 0.05) is 11.8 Å². The molecule has 1 aliphatic rings. The summed E-state index contributed by atoms with van der Waals surface area (Å²) < 4.78 is 24.7. The fourth-order valence-electron chi connectivity index (χ4n) is 1.17. The van der Waals surface area contributed by atoms with Gasteiger partial charge in [-0.25, -0.2) is 8.78 Å². The van der Waals surface area contributed by atoms with E-state index in [0.29, 0.717) is 6.42 Å². The van der Waals surface area contributed by atoms with Crippen molar-refractivity contribution in [2.45, 2.75) is 26.2 Å². The van der Waals surface area contributed by atoms with Crippen molar-refractivity contribution in [3.05, 3.63) is 0 Å². The maximum atomic E-state index is 12.3. The molecule has 0 aromatic rings. The lowest BCUT2D eigenvalue weighted by atomic mass is 9.73. The highest BCUT2D eigenvalue weighted by atomic mass is 19.3. The van der Waals surface area contributed by atoms with Crippen LogP contribution >= 0.6 is 0 Å². The van der Waals surface area contributed by atoms with E-state index in [0.717, 1.165) is 0 Å². The molecule has 0 amide bonds. The number of rotatable bonds is 0. The minimum Gasteiger partial charge on any atom is -0.206 e. The lowest BCUT2D eigenvalue weighted by Gasteiger charge is -2.40. The van der Waals surface area contributed by atoms with Crippen LogP contribution in [0.15, 0.2) is 0 Å². The van der Waals surface area contributed by atoms with Crippen molar-refractivity contribution < 1.29 is 8.78 Å².